The molecule has 0 atom stereocenters. The topological polar surface area (TPSA) is 73.7 Å². The molecule has 0 aliphatic carbocycles. The molecule has 1 aromatic carbocycles. The van der Waals surface area contributed by atoms with Crippen LogP contribution in [0.15, 0.2) is 54.6 Å². The lowest BCUT2D eigenvalue weighted by molar-refractivity contribution is -0.137. The zero-order valence-electron chi connectivity index (χ0n) is 17.1. The molecule has 2 heterocycles. The number of carbonyl (C=O) groups excluding carboxylic acids is 2. The van der Waals surface area contributed by atoms with Gasteiger partial charge < -0.3 is 14.9 Å². The molecule has 168 valence electrons. The number of hydrogen-bond donors (Lipinski definition) is 1. The maximum absolute atomic E-state index is 12.7. The summed E-state index contributed by atoms with van der Waals surface area (Å²) >= 11 is 0. The second-order valence-corrected chi connectivity index (χ2v) is 7.14. The molecule has 1 amide bonds. The number of aliphatic hydroxyl groups excluding tert-OH is 1. The third kappa shape index (κ3) is 6.27. The Labute approximate surface area is 183 Å². The first-order valence-corrected chi connectivity index (χ1v) is 9.94. The Hall–Kier alpha value is -3.46. The largest absolute Gasteiger partial charge is 0.416 e. The van der Waals surface area contributed by atoms with Crippen LogP contribution in [0.2, 0.25) is 0 Å². The van der Waals surface area contributed by atoms with Crippen molar-refractivity contribution in [3.05, 3.63) is 71.6 Å². The first kappa shape index (κ1) is 23.2. The molecule has 0 radical (unpaired) electrons. The molecule has 1 saturated heterocycles. The van der Waals surface area contributed by atoms with E-state index in [0.29, 0.717) is 43.3 Å². The zero-order valence-corrected chi connectivity index (χ0v) is 17.1. The highest BCUT2D eigenvalue weighted by Crippen LogP contribution is 2.30. The number of aliphatic hydroxyl groups is 1. The summed E-state index contributed by atoms with van der Waals surface area (Å²) in [6, 6.07) is 10.2. The maximum atomic E-state index is 12.7. The fraction of sp³-hybridized carbons (Fsp3) is 0.261. The lowest BCUT2D eigenvalue weighted by atomic mass is 10.1. The number of alkyl halides is 3. The number of carbonyl (C=O) groups is 2. The van der Waals surface area contributed by atoms with Crippen LogP contribution >= 0.6 is 0 Å². The average molecular weight is 445 g/mol. The number of benzene rings is 1. The van der Waals surface area contributed by atoms with Gasteiger partial charge in [-0.15, -0.1) is 0 Å². The Morgan fingerprint density at radius 3 is 2.09 bits per heavy atom. The molecule has 32 heavy (non-hydrogen) atoms. The van der Waals surface area contributed by atoms with E-state index in [9.17, 15) is 22.8 Å². The molecule has 1 fully saturated rings. The summed E-state index contributed by atoms with van der Waals surface area (Å²) in [6.07, 6.45) is 1.35. The smallest absolute Gasteiger partial charge is 0.388 e. The SMILES string of the molecule is O=C(/C=C/c1cccc(/C=C/C(=O)N2CCN(c3ccc(C(F)(F)F)cc3)CC2)n1)CO. The molecule has 9 heteroatoms. The van der Waals surface area contributed by atoms with Crippen molar-refractivity contribution in [2.75, 3.05) is 37.7 Å². The van der Waals surface area contributed by atoms with Gasteiger partial charge in [0, 0.05) is 37.9 Å². The molecule has 1 aliphatic rings. The second kappa shape index (κ2) is 10.2. The minimum Gasteiger partial charge on any atom is -0.388 e. The number of amides is 1. The Morgan fingerprint density at radius 2 is 1.53 bits per heavy atom. The fourth-order valence-corrected chi connectivity index (χ4v) is 3.19. The molecule has 2 aromatic rings. The summed E-state index contributed by atoms with van der Waals surface area (Å²) in [5, 5.41) is 8.74. The van der Waals surface area contributed by atoms with Gasteiger partial charge in [-0.1, -0.05) is 6.07 Å². The van der Waals surface area contributed by atoms with E-state index in [1.54, 1.807) is 29.2 Å². The standard InChI is InChI=1S/C23H22F3N3O3/c24-23(25,26)17-4-8-20(9-5-17)28-12-14-29(15-13-28)22(32)11-7-19-3-1-2-18(27-19)6-10-21(31)16-30/h1-11,30H,12-16H2/b10-6+,11-7+. The van der Waals surface area contributed by atoms with Gasteiger partial charge in [-0.2, -0.15) is 13.2 Å². The predicted octanol–water partition coefficient (Wildman–Crippen LogP) is 3.04. The van der Waals surface area contributed by atoms with Crippen molar-refractivity contribution >= 4 is 29.5 Å². The van der Waals surface area contributed by atoms with Gasteiger partial charge in [-0.25, -0.2) is 4.98 Å². The van der Waals surface area contributed by atoms with Crippen molar-refractivity contribution in [3.63, 3.8) is 0 Å². The molecule has 1 aliphatic heterocycles. The van der Waals surface area contributed by atoms with Crippen LogP contribution in [-0.4, -0.2) is 59.5 Å². The summed E-state index contributed by atoms with van der Waals surface area (Å²) < 4.78 is 38.1. The fourth-order valence-electron chi connectivity index (χ4n) is 3.19. The van der Waals surface area contributed by atoms with Crippen LogP contribution in [0, 0.1) is 0 Å². The normalized spacial score (nSPS) is 15.0. The minimum absolute atomic E-state index is 0.185. The van der Waals surface area contributed by atoms with E-state index in [1.807, 2.05) is 4.90 Å². The molecular formula is C23H22F3N3O3. The van der Waals surface area contributed by atoms with Crippen LogP contribution in [0.5, 0.6) is 0 Å². The van der Waals surface area contributed by atoms with Crippen molar-refractivity contribution in [1.82, 2.24) is 9.88 Å². The predicted molar refractivity (Wildman–Crippen MR) is 115 cm³/mol. The van der Waals surface area contributed by atoms with Crippen molar-refractivity contribution < 1.29 is 27.9 Å². The number of halogens is 3. The quantitative estimate of drug-likeness (QED) is 0.692. The molecule has 0 spiro atoms. The van der Waals surface area contributed by atoms with Crippen LogP contribution in [0.1, 0.15) is 17.0 Å². The van der Waals surface area contributed by atoms with Crippen molar-refractivity contribution in [3.8, 4) is 0 Å². The van der Waals surface area contributed by atoms with Gasteiger partial charge >= 0.3 is 6.18 Å². The first-order chi connectivity index (χ1) is 15.3. The summed E-state index contributed by atoms with van der Waals surface area (Å²) in [6.45, 7) is 1.36. The Kier molecular flexibility index (Phi) is 7.42. The molecule has 0 unspecified atom stereocenters. The van der Waals surface area contributed by atoms with Crippen LogP contribution < -0.4 is 4.90 Å². The number of hydrogen-bond acceptors (Lipinski definition) is 5. The highest BCUT2D eigenvalue weighted by atomic mass is 19.4. The van der Waals surface area contributed by atoms with Gasteiger partial charge in [0.25, 0.3) is 0 Å². The number of rotatable bonds is 6. The van der Waals surface area contributed by atoms with E-state index >= 15 is 0 Å². The van der Waals surface area contributed by atoms with Gasteiger partial charge in [-0.05, 0) is 54.6 Å². The Bertz CT molecular complexity index is 1010. The van der Waals surface area contributed by atoms with Crippen molar-refractivity contribution in [1.29, 1.82) is 0 Å². The minimum atomic E-state index is -4.36. The Balaban J connectivity index is 1.55. The van der Waals surface area contributed by atoms with E-state index < -0.39 is 24.1 Å². The van der Waals surface area contributed by atoms with E-state index in [4.69, 9.17) is 5.11 Å². The number of pyridine rings is 1. The van der Waals surface area contributed by atoms with Crippen molar-refractivity contribution in [2.45, 2.75) is 6.18 Å². The van der Waals surface area contributed by atoms with Crippen LogP contribution in [0.3, 0.4) is 0 Å². The second-order valence-electron chi connectivity index (χ2n) is 7.14. The van der Waals surface area contributed by atoms with E-state index in [0.717, 1.165) is 12.1 Å². The third-order valence-corrected chi connectivity index (χ3v) is 4.94. The lowest BCUT2D eigenvalue weighted by Gasteiger charge is -2.35. The summed E-state index contributed by atoms with van der Waals surface area (Å²) in [5.74, 6) is -0.617. The Morgan fingerprint density at radius 1 is 0.938 bits per heavy atom. The highest BCUT2D eigenvalue weighted by molar-refractivity contribution is 5.94. The molecule has 0 bridgehead atoms. The van der Waals surface area contributed by atoms with Crippen LogP contribution in [0.4, 0.5) is 18.9 Å². The molecule has 0 saturated carbocycles. The van der Waals surface area contributed by atoms with Crippen molar-refractivity contribution in [2.24, 2.45) is 0 Å². The van der Waals surface area contributed by atoms with Gasteiger partial charge in [0.15, 0.2) is 5.78 Å². The van der Waals surface area contributed by atoms with Gasteiger partial charge in [0.2, 0.25) is 5.91 Å². The van der Waals surface area contributed by atoms with Gasteiger partial charge in [0.05, 0.1) is 17.0 Å². The first-order valence-electron chi connectivity index (χ1n) is 9.94. The van der Waals surface area contributed by atoms with Gasteiger partial charge in [0.1, 0.15) is 6.61 Å². The zero-order chi connectivity index (χ0) is 23.1. The summed E-state index contributed by atoms with van der Waals surface area (Å²) in [5.41, 5.74) is 1.06. The summed E-state index contributed by atoms with van der Waals surface area (Å²) in [4.78, 5) is 31.6. The molecule has 6 nitrogen and oxygen atoms in total. The van der Waals surface area contributed by atoms with E-state index in [1.165, 1.54) is 30.4 Å². The monoisotopic (exact) mass is 445 g/mol. The van der Waals surface area contributed by atoms with E-state index in [2.05, 4.69) is 4.98 Å². The highest BCUT2D eigenvalue weighted by Gasteiger charge is 2.30. The van der Waals surface area contributed by atoms with Crippen LogP contribution in [0.25, 0.3) is 12.2 Å². The number of ketones is 1. The van der Waals surface area contributed by atoms with Crippen LogP contribution in [-0.2, 0) is 15.8 Å². The molecular weight excluding hydrogens is 423 g/mol. The number of anilines is 1. The summed E-state index contributed by atoms with van der Waals surface area (Å²) in [7, 11) is 0. The number of aromatic nitrogens is 1. The third-order valence-electron chi connectivity index (χ3n) is 4.94. The molecule has 3 rings (SSSR count). The molecule has 1 N–H and O–H groups in total. The molecule has 1 aromatic heterocycles. The maximum Gasteiger partial charge on any atom is 0.416 e. The lowest BCUT2D eigenvalue weighted by Crippen LogP contribution is -2.48. The number of piperazine rings is 1. The van der Waals surface area contributed by atoms with Gasteiger partial charge in [-0.3, -0.25) is 9.59 Å². The number of nitrogens with zero attached hydrogens (tertiary/aromatic N) is 3. The van der Waals surface area contributed by atoms with E-state index in [-0.39, 0.29) is 5.91 Å². The average Bonchev–Trinajstić information content (AvgIpc) is 2.81.